The van der Waals surface area contributed by atoms with Crippen LogP contribution in [0.4, 0.5) is 13.2 Å². The molecule has 2 aromatic carbocycles. The summed E-state index contributed by atoms with van der Waals surface area (Å²) in [6.45, 7) is 3.42. The molecule has 138 valence electrons. The van der Waals surface area contributed by atoms with Crippen molar-refractivity contribution in [1.29, 1.82) is 0 Å². The lowest BCUT2D eigenvalue weighted by molar-refractivity contribution is -0.137. The van der Waals surface area contributed by atoms with E-state index in [1.807, 2.05) is 19.9 Å². The number of carbonyl (C=O) groups is 2. The number of hydrogen-bond donors (Lipinski definition) is 2. The van der Waals surface area contributed by atoms with E-state index < -0.39 is 17.6 Å². The maximum Gasteiger partial charge on any atom is 0.416 e. The molecular weight excluding hydrogens is 345 g/mol. The molecule has 0 atom stereocenters. The molecule has 26 heavy (non-hydrogen) atoms. The van der Waals surface area contributed by atoms with Gasteiger partial charge in [-0.05, 0) is 43.7 Å². The Labute approximate surface area is 149 Å². The van der Waals surface area contributed by atoms with Gasteiger partial charge in [0.1, 0.15) is 0 Å². The van der Waals surface area contributed by atoms with Crippen molar-refractivity contribution >= 4 is 11.8 Å². The van der Waals surface area contributed by atoms with Gasteiger partial charge in [0.25, 0.3) is 5.91 Å². The van der Waals surface area contributed by atoms with Crippen molar-refractivity contribution in [2.75, 3.05) is 6.54 Å². The summed E-state index contributed by atoms with van der Waals surface area (Å²) in [5.41, 5.74) is 1.88. The van der Waals surface area contributed by atoms with E-state index in [9.17, 15) is 22.8 Å². The highest BCUT2D eigenvalue weighted by Crippen LogP contribution is 2.29. The zero-order chi connectivity index (χ0) is 19.3. The minimum Gasteiger partial charge on any atom is -0.350 e. The van der Waals surface area contributed by atoms with Crippen molar-refractivity contribution < 1.29 is 22.8 Å². The van der Waals surface area contributed by atoms with Gasteiger partial charge in [-0.2, -0.15) is 13.2 Å². The van der Waals surface area contributed by atoms with Crippen LogP contribution in [0, 0.1) is 13.8 Å². The Hall–Kier alpha value is -2.83. The number of nitrogens with one attached hydrogen (secondary N) is 2. The van der Waals surface area contributed by atoms with Crippen LogP contribution in [0.5, 0.6) is 0 Å². The second-order valence-electron chi connectivity index (χ2n) is 6.03. The van der Waals surface area contributed by atoms with Crippen LogP contribution in [0.2, 0.25) is 0 Å². The van der Waals surface area contributed by atoms with Gasteiger partial charge in [-0.15, -0.1) is 0 Å². The van der Waals surface area contributed by atoms with E-state index in [4.69, 9.17) is 0 Å². The predicted octanol–water partition coefficient (Wildman–Crippen LogP) is 3.37. The monoisotopic (exact) mass is 364 g/mol. The van der Waals surface area contributed by atoms with Crippen LogP contribution in [0.15, 0.2) is 42.5 Å². The molecule has 2 aromatic rings. The molecule has 0 spiro atoms. The average Bonchev–Trinajstić information content (AvgIpc) is 2.56. The Morgan fingerprint density at radius 3 is 2.23 bits per heavy atom. The highest BCUT2D eigenvalue weighted by Gasteiger charge is 2.30. The number of hydrogen-bond acceptors (Lipinski definition) is 2. The zero-order valence-corrected chi connectivity index (χ0v) is 14.4. The lowest BCUT2D eigenvalue weighted by Gasteiger charge is -2.10. The molecule has 0 aliphatic carbocycles. The Morgan fingerprint density at radius 2 is 1.62 bits per heavy atom. The van der Waals surface area contributed by atoms with Gasteiger partial charge < -0.3 is 10.6 Å². The molecule has 2 N–H and O–H groups in total. The summed E-state index contributed by atoms with van der Waals surface area (Å²) in [5.74, 6) is -0.869. The van der Waals surface area contributed by atoms with Crippen LogP contribution in [0.3, 0.4) is 0 Å². The van der Waals surface area contributed by atoms with Gasteiger partial charge in [0.2, 0.25) is 5.91 Å². The molecule has 7 heteroatoms. The molecule has 0 saturated carbocycles. The third-order valence-electron chi connectivity index (χ3n) is 3.64. The summed E-state index contributed by atoms with van der Waals surface area (Å²) in [6, 6.07) is 10.1. The predicted molar refractivity (Wildman–Crippen MR) is 91.5 cm³/mol. The zero-order valence-electron chi connectivity index (χ0n) is 14.4. The van der Waals surface area contributed by atoms with E-state index in [0.717, 1.165) is 23.3 Å². The van der Waals surface area contributed by atoms with Gasteiger partial charge in [-0.25, -0.2) is 0 Å². The second kappa shape index (κ2) is 8.03. The highest BCUT2D eigenvalue weighted by atomic mass is 19.4. The number of carbonyl (C=O) groups excluding carboxylic acids is 2. The van der Waals surface area contributed by atoms with E-state index in [1.54, 1.807) is 12.1 Å². The number of rotatable bonds is 5. The first kappa shape index (κ1) is 19.5. The highest BCUT2D eigenvalue weighted by molar-refractivity contribution is 5.96. The number of amides is 2. The molecule has 0 radical (unpaired) electrons. The van der Waals surface area contributed by atoms with Crippen molar-refractivity contribution in [2.24, 2.45) is 0 Å². The fourth-order valence-corrected chi connectivity index (χ4v) is 2.49. The first-order chi connectivity index (χ1) is 12.1. The van der Waals surface area contributed by atoms with Crippen LogP contribution in [-0.4, -0.2) is 18.4 Å². The third-order valence-corrected chi connectivity index (χ3v) is 3.64. The molecule has 0 aliphatic rings. The molecule has 2 amide bonds. The van der Waals surface area contributed by atoms with Crippen LogP contribution < -0.4 is 10.6 Å². The second-order valence-corrected chi connectivity index (χ2v) is 6.03. The Morgan fingerprint density at radius 1 is 0.962 bits per heavy atom. The molecule has 0 aromatic heterocycles. The largest absolute Gasteiger partial charge is 0.416 e. The maximum absolute atomic E-state index is 12.7. The molecule has 0 saturated heterocycles. The third kappa shape index (κ3) is 5.61. The van der Waals surface area contributed by atoms with Gasteiger partial charge >= 0.3 is 6.18 Å². The Balaban J connectivity index is 1.86. The van der Waals surface area contributed by atoms with E-state index >= 15 is 0 Å². The summed E-state index contributed by atoms with van der Waals surface area (Å²) in [4.78, 5) is 23.9. The molecule has 0 heterocycles. The van der Waals surface area contributed by atoms with Gasteiger partial charge in [0, 0.05) is 12.1 Å². The SMILES string of the molecule is Cc1cc(C)cc(C(=O)NCC(=O)NCc2cccc(C(F)(F)F)c2)c1. The van der Waals surface area contributed by atoms with Crippen molar-refractivity contribution in [2.45, 2.75) is 26.6 Å². The van der Waals surface area contributed by atoms with Crippen LogP contribution in [0.25, 0.3) is 0 Å². The molecule has 0 bridgehead atoms. The summed E-state index contributed by atoms with van der Waals surface area (Å²) < 4.78 is 38.0. The quantitative estimate of drug-likeness (QED) is 0.855. The first-order valence-electron chi connectivity index (χ1n) is 7.94. The summed E-state index contributed by atoms with van der Waals surface area (Å²) in [7, 11) is 0. The molecule has 0 unspecified atom stereocenters. The Kier molecular flexibility index (Phi) is 6.02. The van der Waals surface area contributed by atoms with E-state index in [1.165, 1.54) is 12.1 Å². The number of alkyl halides is 3. The molecule has 2 rings (SSSR count). The molecular formula is C19H19F3N2O2. The normalized spacial score (nSPS) is 11.1. The fourth-order valence-electron chi connectivity index (χ4n) is 2.49. The van der Waals surface area contributed by atoms with Gasteiger partial charge in [-0.3, -0.25) is 9.59 Å². The average molecular weight is 364 g/mol. The van der Waals surface area contributed by atoms with Gasteiger partial charge in [0.15, 0.2) is 0 Å². The number of halogens is 3. The minimum atomic E-state index is -4.43. The van der Waals surface area contributed by atoms with Crippen molar-refractivity contribution in [3.8, 4) is 0 Å². The van der Waals surface area contributed by atoms with Crippen LogP contribution in [0.1, 0.15) is 32.6 Å². The van der Waals surface area contributed by atoms with Crippen LogP contribution in [-0.2, 0) is 17.5 Å². The smallest absolute Gasteiger partial charge is 0.350 e. The maximum atomic E-state index is 12.7. The van der Waals surface area contributed by atoms with E-state index in [2.05, 4.69) is 10.6 Å². The topological polar surface area (TPSA) is 58.2 Å². The Bertz CT molecular complexity index is 796. The molecule has 0 aliphatic heterocycles. The van der Waals surface area contributed by atoms with Crippen molar-refractivity contribution in [3.63, 3.8) is 0 Å². The molecule has 0 fully saturated rings. The van der Waals surface area contributed by atoms with E-state index in [0.29, 0.717) is 11.1 Å². The van der Waals surface area contributed by atoms with Gasteiger partial charge in [0.05, 0.1) is 12.1 Å². The standard InChI is InChI=1S/C19H19F3N2O2/c1-12-6-13(2)8-15(7-12)18(26)24-11-17(25)23-10-14-4-3-5-16(9-14)19(20,21)22/h3-9H,10-11H2,1-2H3,(H,23,25)(H,24,26). The lowest BCUT2D eigenvalue weighted by Crippen LogP contribution is -2.36. The number of aryl methyl sites for hydroxylation is 2. The first-order valence-corrected chi connectivity index (χ1v) is 7.94. The summed E-state index contributed by atoms with van der Waals surface area (Å²) in [6.07, 6.45) is -4.43. The van der Waals surface area contributed by atoms with Gasteiger partial charge in [-0.1, -0.05) is 29.3 Å². The lowest BCUT2D eigenvalue weighted by atomic mass is 10.1. The van der Waals surface area contributed by atoms with Crippen molar-refractivity contribution in [1.82, 2.24) is 10.6 Å². The summed E-state index contributed by atoms with van der Waals surface area (Å²) in [5, 5.41) is 4.98. The minimum absolute atomic E-state index is 0.0534. The van der Waals surface area contributed by atoms with E-state index in [-0.39, 0.29) is 19.0 Å². The van der Waals surface area contributed by atoms with Crippen LogP contribution >= 0.6 is 0 Å². The molecule has 4 nitrogen and oxygen atoms in total. The summed E-state index contributed by atoms with van der Waals surface area (Å²) >= 11 is 0. The fraction of sp³-hybridized carbons (Fsp3) is 0.263. The number of benzene rings is 2. The van der Waals surface area contributed by atoms with Crippen molar-refractivity contribution in [3.05, 3.63) is 70.3 Å².